The largest absolute Gasteiger partial charge is 0.313 e. The Balaban J connectivity index is 1.83. The fourth-order valence-electron chi connectivity index (χ4n) is 2.29. The van der Waals surface area contributed by atoms with E-state index in [1.165, 1.54) is 24.0 Å². The molecule has 0 amide bonds. The highest BCUT2D eigenvalue weighted by Gasteiger charge is 2.20. The third kappa shape index (κ3) is 2.65. The van der Waals surface area contributed by atoms with Gasteiger partial charge in [0.05, 0.1) is 0 Å². The molecule has 1 N–H and O–H groups in total. The van der Waals surface area contributed by atoms with Crippen molar-refractivity contribution in [2.75, 3.05) is 6.54 Å². The average molecular weight is 217 g/mol. The fraction of sp³-hybridized carbons (Fsp3) is 0.600. The second kappa shape index (κ2) is 5.01. The topological polar surface area (TPSA) is 12.0 Å². The fourth-order valence-corrected chi connectivity index (χ4v) is 2.29. The summed E-state index contributed by atoms with van der Waals surface area (Å²) in [5.74, 6) is 1.54. The quantitative estimate of drug-likeness (QED) is 0.817. The van der Waals surface area contributed by atoms with Crippen LogP contribution < -0.4 is 5.32 Å². The molecule has 0 spiro atoms. The molecule has 0 fully saturated rings. The van der Waals surface area contributed by atoms with Gasteiger partial charge in [0.2, 0.25) is 0 Å². The molecule has 1 aliphatic carbocycles. The van der Waals surface area contributed by atoms with Crippen molar-refractivity contribution in [1.82, 2.24) is 5.32 Å². The maximum Gasteiger partial charge on any atom is 0.0148 e. The molecule has 1 heteroatoms. The van der Waals surface area contributed by atoms with Crippen molar-refractivity contribution in [1.29, 1.82) is 0 Å². The highest BCUT2D eigenvalue weighted by atomic mass is 14.9. The van der Waals surface area contributed by atoms with Gasteiger partial charge < -0.3 is 5.32 Å². The van der Waals surface area contributed by atoms with E-state index in [1.807, 2.05) is 0 Å². The zero-order chi connectivity index (χ0) is 11.5. The van der Waals surface area contributed by atoms with Crippen molar-refractivity contribution >= 4 is 0 Å². The maximum atomic E-state index is 3.71. The average Bonchev–Trinajstić information content (AvgIpc) is 2.68. The first-order valence-electron chi connectivity index (χ1n) is 6.47. The summed E-state index contributed by atoms with van der Waals surface area (Å²) in [7, 11) is 0. The Labute approximate surface area is 99.3 Å². The van der Waals surface area contributed by atoms with Crippen LogP contribution in [0.3, 0.4) is 0 Å². The second-order valence-electron chi connectivity index (χ2n) is 5.50. The Morgan fingerprint density at radius 1 is 1.12 bits per heavy atom. The van der Waals surface area contributed by atoms with E-state index in [4.69, 9.17) is 0 Å². The standard InChI is InChI=1S/C15H23N/c1-11(2)12(3)10-16-15-8-13-6-4-5-7-14(13)9-15/h4-7,11-12,15-16H,8-10H2,1-3H3. The molecule has 0 saturated carbocycles. The van der Waals surface area contributed by atoms with Gasteiger partial charge in [-0.1, -0.05) is 45.0 Å². The van der Waals surface area contributed by atoms with Crippen molar-refractivity contribution in [2.45, 2.75) is 39.7 Å². The smallest absolute Gasteiger partial charge is 0.0148 e. The van der Waals surface area contributed by atoms with Gasteiger partial charge in [0.1, 0.15) is 0 Å². The molecule has 1 aromatic carbocycles. The number of hydrogen-bond donors (Lipinski definition) is 1. The van der Waals surface area contributed by atoms with Crippen LogP contribution in [0.5, 0.6) is 0 Å². The van der Waals surface area contributed by atoms with Crippen LogP contribution >= 0.6 is 0 Å². The van der Waals surface area contributed by atoms with E-state index in [2.05, 4.69) is 50.4 Å². The van der Waals surface area contributed by atoms with Gasteiger partial charge >= 0.3 is 0 Å². The zero-order valence-corrected chi connectivity index (χ0v) is 10.7. The SMILES string of the molecule is CC(C)C(C)CNC1Cc2ccccc2C1. The van der Waals surface area contributed by atoms with Crippen LogP contribution in [0.25, 0.3) is 0 Å². The van der Waals surface area contributed by atoms with Gasteiger partial charge in [-0.3, -0.25) is 0 Å². The molecule has 1 aromatic rings. The minimum Gasteiger partial charge on any atom is -0.313 e. The summed E-state index contributed by atoms with van der Waals surface area (Å²) >= 11 is 0. The van der Waals surface area contributed by atoms with Gasteiger partial charge in [-0.25, -0.2) is 0 Å². The van der Waals surface area contributed by atoms with Crippen molar-refractivity contribution in [3.63, 3.8) is 0 Å². The van der Waals surface area contributed by atoms with Crippen LogP contribution in [0.4, 0.5) is 0 Å². The molecule has 1 atom stereocenters. The van der Waals surface area contributed by atoms with Gasteiger partial charge in [-0.05, 0) is 42.3 Å². The van der Waals surface area contributed by atoms with E-state index >= 15 is 0 Å². The lowest BCUT2D eigenvalue weighted by molar-refractivity contribution is 0.369. The van der Waals surface area contributed by atoms with Crippen molar-refractivity contribution in [3.8, 4) is 0 Å². The van der Waals surface area contributed by atoms with Crippen LogP contribution in [0, 0.1) is 11.8 Å². The van der Waals surface area contributed by atoms with Crippen molar-refractivity contribution < 1.29 is 0 Å². The minimum atomic E-state index is 0.665. The van der Waals surface area contributed by atoms with Crippen LogP contribution in [0.2, 0.25) is 0 Å². The van der Waals surface area contributed by atoms with E-state index in [0.717, 1.165) is 18.4 Å². The molecule has 0 radical (unpaired) electrons. The number of nitrogens with one attached hydrogen (secondary N) is 1. The Bertz CT molecular complexity index is 318. The van der Waals surface area contributed by atoms with Crippen LogP contribution in [-0.2, 0) is 12.8 Å². The summed E-state index contributed by atoms with van der Waals surface area (Å²) in [5.41, 5.74) is 3.08. The number of fused-ring (bicyclic) bond motifs is 1. The molecule has 1 unspecified atom stereocenters. The molecule has 2 rings (SSSR count). The van der Waals surface area contributed by atoms with Gasteiger partial charge in [0.15, 0.2) is 0 Å². The Morgan fingerprint density at radius 2 is 1.69 bits per heavy atom. The normalized spacial score (nSPS) is 17.8. The van der Waals surface area contributed by atoms with E-state index in [1.54, 1.807) is 0 Å². The van der Waals surface area contributed by atoms with E-state index in [9.17, 15) is 0 Å². The highest BCUT2D eigenvalue weighted by molar-refractivity contribution is 5.33. The molecule has 0 aliphatic heterocycles. The first kappa shape index (κ1) is 11.7. The van der Waals surface area contributed by atoms with Gasteiger partial charge in [0.25, 0.3) is 0 Å². The van der Waals surface area contributed by atoms with Gasteiger partial charge in [-0.2, -0.15) is 0 Å². The maximum absolute atomic E-state index is 3.71. The zero-order valence-electron chi connectivity index (χ0n) is 10.7. The van der Waals surface area contributed by atoms with E-state index in [-0.39, 0.29) is 0 Å². The lowest BCUT2D eigenvalue weighted by atomic mass is 9.98. The van der Waals surface area contributed by atoms with Crippen molar-refractivity contribution in [3.05, 3.63) is 35.4 Å². The molecule has 0 heterocycles. The molecule has 0 saturated heterocycles. The Kier molecular flexibility index (Phi) is 3.65. The van der Waals surface area contributed by atoms with Gasteiger partial charge in [-0.15, -0.1) is 0 Å². The summed E-state index contributed by atoms with van der Waals surface area (Å²) < 4.78 is 0. The predicted octanol–water partition coefficient (Wildman–Crippen LogP) is 3.04. The lowest BCUT2D eigenvalue weighted by Crippen LogP contribution is -2.34. The number of rotatable bonds is 4. The Hall–Kier alpha value is -0.820. The summed E-state index contributed by atoms with van der Waals surface area (Å²) in [6.07, 6.45) is 2.42. The highest BCUT2D eigenvalue weighted by Crippen LogP contribution is 2.22. The summed E-state index contributed by atoms with van der Waals surface area (Å²) in [5, 5.41) is 3.71. The number of benzene rings is 1. The van der Waals surface area contributed by atoms with Gasteiger partial charge in [0, 0.05) is 6.04 Å². The van der Waals surface area contributed by atoms with Crippen LogP contribution in [-0.4, -0.2) is 12.6 Å². The lowest BCUT2D eigenvalue weighted by Gasteiger charge is -2.19. The molecule has 88 valence electrons. The van der Waals surface area contributed by atoms with Crippen molar-refractivity contribution in [2.24, 2.45) is 11.8 Å². The molecule has 16 heavy (non-hydrogen) atoms. The summed E-state index contributed by atoms with van der Waals surface area (Å²) in [4.78, 5) is 0. The molecule has 1 nitrogen and oxygen atoms in total. The second-order valence-corrected chi connectivity index (χ2v) is 5.50. The van der Waals surface area contributed by atoms with E-state index < -0.39 is 0 Å². The predicted molar refractivity (Wildman–Crippen MR) is 69.6 cm³/mol. The Morgan fingerprint density at radius 3 is 2.19 bits per heavy atom. The molecule has 1 aliphatic rings. The molecular weight excluding hydrogens is 194 g/mol. The summed E-state index contributed by atoms with van der Waals surface area (Å²) in [6, 6.07) is 9.50. The van der Waals surface area contributed by atoms with E-state index in [0.29, 0.717) is 6.04 Å². The summed E-state index contributed by atoms with van der Waals surface area (Å²) in [6.45, 7) is 8.08. The first-order valence-corrected chi connectivity index (χ1v) is 6.47. The molecular formula is C15H23N. The van der Waals surface area contributed by atoms with Crippen LogP contribution in [0.15, 0.2) is 24.3 Å². The monoisotopic (exact) mass is 217 g/mol. The third-order valence-corrected chi connectivity index (χ3v) is 3.92. The first-order chi connectivity index (χ1) is 7.66. The molecule has 0 aromatic heterocycles. The van der Waals surface area contributed by atoms with Crippen LogP contribution in [0.1, 0.15) is 31.9 Å². The third-order valence-electron chi connectivity index (χ3n) is 3.92. The minimum absolute atomic E-state index is 0.665. The molecule has 0 bridgehead atoms. The number of hydrogen-bond acceptors (Lipinski definition) is 1.